The predicted octanol–water partition coefficient (Wildman–Crippen LogP) is 6.56. The van der Waals surface area contributed by atoms with Gasteiger partial charge in [0.15, 0.2) is 22.9 Å². The lowest BCUT2D eigenvalue weighted by atomic mass is 9.66. The van der Waals surface area contributed by atoms with Gasteiger partial charge in [-0.05, 0) is 61.6 Å². The highest BCUT2D eigenvalue weighted by molar-refractivity contribution is 7.92. The number of carbonyl (C=O) groups is 1. The normalized spacial score (nSPS) is 26.9. The van der Waals surface area contributed by atoms with Crippen LogP contribution in [-0.4, -0.2) is 49.4 Å². The van der Waals surface area contributed by atoms with Gasteiger partial charge in [-0.2, -0.15) is 0 Å². The van der Waals surface area contributed by atoms with Gasteiger partial charge in [-0.15, -0.1) is 0 Å². The number of rotatable bonds is 9. The quantitative estimate of drug-likeness (QED) is 0.304. The van der Waals surface area contributed by atoms with Gasteiger partial charge in [0.1, 0.15) is 0 Å². The number of sulfone groups is 1. The van der Waals surface area contributed by atoms with E-state index in [9.17, 15) is 13.2 Å². The molecule has 2 aliphatic heterocycles. The lowest BCUT2D eigenvalue weighted by Crippen LogP contribution is -2.59. The van der Waals surface area contributed by atoms with E-state index in [0.717, 1.165) is 11.1 Å². The fourth-order valence-corrected chi connectivity index (χ4v) is 7.39. The summed E-state index contributed by atoms with van der Waals surface area (Å²) in [6, 6.07) is 14.1. The minimum atomic E-state index is -3.48. The molecule has 2 aliphatic rings. The second-order valence-corrected chi connectivity index (χ2v) is 14.9. The summed E-state index contributed by atoms with van der Waals surface area (Å²) in [6.45, 7) is 9.17. The molecule has 2 aromatic carbocycles. The second kappa shape index (κ2) is 12.0. The van der Waals surface area contributed by atoms with Gasteiger partial charge < -0.3 is 9.64 Å². The third-order valence-electron chi connectivity index (χ3n) is 7.93. The first-order valence-corrected chi connectivity index (χ1v) is 15.7. The van der Waals surface area contributed by atoms with Crippen molar-refractivity contribution in [3.63, 3.8) is 0 Å². The Hall–Kier alpha value is -1.68. The van der Waals surface area contributed by atoms with E-state index >= 15 is 0 Å². The van der Waals surface area contributed by atoms with Crippen LogP contribution >= 0.6 is 23.2 Å². The van der Waals surface area contributed by atoms with Crippen molar-refractivity contribution in [3.8, 4) is 0 Å². The summed E-state index contributed by atoms with van der Waals surface area (Å²) in [4.78, 5) is 26.7. The summed E-state index contributed by atoms with van der Waals surface area (Å²) in [5.41, 5.74) is 0.914. The van der Waals surface area contributed by atoms with E-state index in [2.05, 4.69) is 0 Å². The molecule has 7 nitrogen and oxygen atoms in total. The van der Waals surface area contributed by atoms with E-state index in [1.165, 1.54) is 0 Å². The number of hydrogen-bond donors (Lipinski definition) is 0. The summed E-state index contributed by atoms with van der Waals surface area (Å²) < 4.78 is 32.1. The number of piperidine rings is 1. The van der Waals surface area contributed by atoms with Crippen LogP contribution in [0.4, 0.5) is 0 Å². The fourth-order valence-electron chi connectivity index (χ4n) is 5.65. The highest BCUT2D eigenvalue weighted by atomic mass is 35.5. The summed E-state index contributed by atoms with van der Waals surface area (Å²) >= 11 is 12.7. The van der Waals surface area contributed by atoms with E-state index in [1.54, 1.807) is 26.0 Å². The Morgan fingerprint density at radius 1 is 1.03 bits per heavy atom. The molecule has 2 aromatic rings. The van der Waals surface area contributed by atoms with Crippen molar-refractivity contribution in [1.29, 1.82) is 0 Å². The van der Waals surface area contributed by atoms with Gasteiger partial charge >= 0.3 is 0 Å². The van der Waals surface area contributed by atoms with Crippen LogP contribution in [0.3, 0.4) is 0 Å². The monoisotopic (exact) mass is 597 g/mol. The Labute approximate surface area is 241 Å². The number of benzene rings is 2. The average molecular weight is 599 g/mol. The number of ether oxygens (including phenoxy) is 1. The smallest absolute Gasteiger partial charge is 0.229 e. The van der Waals surface area contributed by atoms with Crippen LogP contribution in [0.25, 0.3) is 0 Å². The summed E-state index contributed by atoms with van der Waals surface area (Å²) in [7, 11) is -3.48. The number of halogens is 2. The summed E-state index contributed by atoms with van der Waals surface area (Å²) in [6.07, 6.45) is 0.0277. The van der Waals surface area contributed by atoms with Gasteiger partial charge in [0, 0.05) is 28.4 Å². The van der Waals surface area contributed by atoms with Crippen molar-refractivity contribution in [1.82, 2.24) is 4.90 Å². The van der Waals surface area contributed by atoms with Gasteiger partial charge in [-0.25, -0.2) is 18.2 Å². The van der Waals surface area contributed by atoms with Gasteiger partial charge in [0.25, 0.3) is 0 Å². The molecular weight excluding hydrogens is 561 g/mol. The molecule has 1 unspecified atom stereocenters. The van der Waals surface area contributed by atoms with Crippen molar-refractivity contribution >= 4 is 38.9 Å². The van der Waals surface area contributed by atoms with Crippen LogP contribution in [0.15, 0.2) is 48.5 Å². The highest BCUT2D eigenvalue weighted by Gasteiger charge is 2.54. The largest absolute Gasteiger partial charge is 0.330 e. The minimum Gasteiger partial charge on any atom is -0.330 e. The number of likely N-dealkylation sites (tertiary alicyclic amines) is 1. The number of nitrogens with zero attached hydrogens (tertiary/aromatic N) is 1. The zero-order valence-electron chi connectivity index (χ0n) is 23.0. The van der Waals surface area contributed by atoms with E-state index in [4.69, 9.17) is 37.7 Å². The summed E-state index contributed by atoms with van der Waals surface area (Å²) in [5, 5.41) is 0.598. The van der Waals surface area contributed by atoms with Crippen molar-refractivity contribution in [2.45, 2.75) is 77.0 Å². The first-order chi connectivity index (χ1) is 18.3. The molecule has 214 valence electrons. The molecule has 1 amide bonds. The van der Waals surface area contributed by atoms with Gasteiger partial charge in [0.2, 0.25) is 5.91 Å². The molecular formula is C29H37Cl2NO6S. The predicted molar refractivity (Wildman–Crippen MR) is 152 cm³/mol. The van der Waals surface area contributed by atoms with Gasteiger partial charge in [-0.1, -0.05) is 68.2 Å². The number of amides is 1. The zero-order chi connectivity index (χ0) is 28.5. The Kier molecular flexibility index (Phi) is 9.36. The topological polar surface area (TPSA) is 82.1 Å². The zero-order valence-corrected chi connectivity index (χ0v) is 25.3. The first kappa shape index (κ1) is 30.3. The molecule has 4 rings (SSSR count). The van der Waals surface area contributed by atoms with Crippen LogP contribution in [0, 0.1) is 11.3 Å². The van der Waals surface area contributed by atoms with E-state index in [0.29, 0.717) is 16.5 Å². The Morgan fingerprint density at radius 2 is 1.72 bits per heavy atom. The maximum Gasteiger partial charge on any atom is 0.229 e. The third-order valence-corrected chi connectivity index (χ3v) is 10.7. The Bertz CT molecular complexity index is 1260. The van der Waals surface area contributed by atoms with E-state index in [-0.39, 0.29) is 36.7 Å². The molecule has 0 aliphatic carbocycles. The maximum absolute atomic E-state index is 14.7. The van der Waals surface area contributed by atoms with Gasteiger partial charge in [-0.3, -0.25) is 4.79 Å². The molecule has 39 heavy (non-hydrogen) atoms. The lowest BCUT2D eigenvalue weighted by Gasteiger charge is -2.53. The highest BCUT2D eigenvalue weighted by Crippen LogP contribution is 2.53. The first-order valence-electron chi connectivity index (χ1n) is 13.3. The third kappa shape index (κ3) is 6.63. The molecule has 0 saturated carbocycles. The average Bonchev–Trinajstić information content (AvgIpc) is 3.37. The molecule has 0 N–H and O–H groups in total. The van der Waals surface area contributed by atoms with E-state index < -0.39 is 38.9 Å². The van der Waals surface area contributed by atoms with Gasteiger partial charge in [0.05, 0.1) is 22.5 Å². The molecule has 10 heteroatoms. The van der Waals surface area contributed by atoms with Crippen LogP contribution in [0.2, 0.25) is 10.0 Å². The minimum absolute atomic E-state index is 0.00890. The molecule has 0 aromatic heterocycles. The molecule has 2 heterocycles. The van der Waals surface area contributed by atoms with Crippen molar-refractivity contribution in [3.05, 3.63) is 69.7 Å². The molecule has 5 atom stereocenters. The van der Waals surface area contributed by atoms with E-state index in [1.807, 2.05) is 62.1 Å². The molecule has 0 spiro atoms. The second-order valence-electron chi connectivity index (χ2n) is 11.5. The van der Waals surface area contributed by atoms with Crippen molar-refractivity contribution in [2.24, 2.45) is 11.3 Å². The summed E-state index contributed by atoms with van der Waals surface area (Å²) in [5.74, 6) is -0.617. The van der Waals surface area contributed by atoms with Crippen LogP contribution in [-0.2, 0) is 29.1 Å². The van der Waals surface area contributed by atoms with Crippen LogP contribution in [0.1, 0.15) is 70.5 Å². The SMILES string of the molecule is CC(C)[C@@H](CS(=O)(=O)C(C)C)N1C(=O)[C@@](C)(CC2OCOO2)C[C@H](c2cccc(Cl)c2)[C@H]1c1ccc(Cl)cc1. The van der Waals surface area contributed by atoms with Crippen molar-refractivity contribution in [2.75, 3.05) is 12.5 Å². The maximum atomic E-state index is 14.7. The number of carbonyl (C=O) groups excluding carboxylic acids is 1. The lowest BCUT2D eigenvalue weighted by molar-refractivity contribution is -0.282. The van der Waals surface area contributed by atoms with Crippen LogP contribution in [0.5, 0.6) is 0 Å². The standard InChI is InChI=1S/C29H37Cl2NO6S/c1-18(2)25(16-39(34,35)19(3)4)32-27(20-9-11-22(30)12-10-20)24(21-7-6-8-23(31)13-21)14-29(5,28(32)33)15-26-36-17-37-38-26/h6-13,18-19,24-27H,14-17H2,1-5H3/t24-,25-,26?,27-,29-/m1/s1. The number of hydrogen-bond acceptors (Lipinski definition) is 6. The Morgan fingerprint density at radius 3 is 2.28 bits per heavy atom. The molecule has 0 bridgehead atoms. The Balaban J connectivity index is 1.92. The van der Waals surface area contributed by atoms with Crippen LogP contribution < -0.4 is 0 Å². The van der Waals surface area contributed by atoms with Crippen molar-refractivity contribution < 1.29 is 27.7 Å². The molecule has 0 radical (unpaired) electrons. The fraction of sp³-hybridized carbons (Fsp3) is 0.552. The molecule has 2 fully saturated rings. The molecule has 2 saturated heterocycles.